The highest BCUT2D eigenvalue weighted by Crippen LogP contribution is 2.36. The lowest BCUT2D eigenvalue weighted by Gasteiger charge is -2.27. The summed E-state index contributed by atoms with van der Waals surface area (Å²) in [4.78, 5) is 25.7. The number of nitrogens with zero attached hydrogens (tertiary/aromatic N) is 5. The van der Waals surface area contributed by atoms with E-state index in [0.29, 0.717) is 30.9 Å². The van der Waals surface area contributed by atoms with Crippen LogP contribution in [0.5, 0.6) is 0 Å². The number of nitro groups is 1. The van der Waals surface area contributed by atoms with Gasteiger partial charge < -0.3 is 9.64 Å². The number of aryl methyl sites for hydroxylation is 1. The van der Waals surface area contributed by atoms with Crippen molar-refractivity contribution in [3.05, 3.63) is 33.3 Å². The predicted octanol–water partition coefficient (Wildman–Crippen LogP) is 1.64. The number of sulfonamides is 1. The highest BCUT2D eigenvalue weighted by molar-refractivity contribution is 7.89. The lowest BCUT2D eigenvalue weighted by molar-refractivity contribution is -0.384. The fourth-order valence-electron chi connectivity index (χ4n) is 3.95. The number of ether oxygens (including phenoxy) is 1. The maximum absolute atomic E-state index is 13.0. The Labute approximate surface area is 194 Å². The highest BCUT2D eigenvalue weighted by atomic mass is 32.2. The van der Waals surface area contributed by atoms with Crippen LogP contribution in [0.2, 0.25) is 0 Å². The summed E-state index contributed by atoms with van der Waals surface area (Å²) >= 11 is 1.28. The minimum atomic E-state index is -3.89. The van der Waals surface area contributed by atoms with Crippen molar-refractivity contribution in [2.75, 3.05) is 43.1 Å². The summed E-state index contributed by atoms with van der Waals surface area (Å²) in [7, 11) is -3.89. The van der Waals surface area contributed by atoms with Crippen molar-refractivity contribution in [2.24, 2.45) is 0 Å². The Bertz CT molecular complexity index is 1150. The van der Waals surface area contributed by atoms with E-state index in [-0.39, 0.29) is 48.5 Å². The molecular formula is C19H24N6O6S2. The predicted molar refractivity (Wildman–Crippen MR) is 121 cm³/mol. The zero-order valence-electron chi connectivity index (χ0n) is 18.0. The first-order chi connectivity index (χ1) is 15.8. The standard InChI is InChI=1S/C19H24N6O6S2/c1-2-17-21-22-19(32-17)20-18(26)15-4-3-7-24(15)14-6-5-13(12-16(14)25(27)28)33(29,30)23-8-10-31-11-9-23/h5-6,12,15H,2-4,7-11H2,1H3,(H,20,22,26). The van der Waals surface area contributed by atoms with Crippen molar-refractivity contribution in [3.63, 3.8) is 0 Å². The van der Waals surface area contributed by atoms with Crippen LogP contribution in [0.15, 0.2) is 23.1 Å². The van der Waals surface area contributed by atoms with Gasteiger partial charge in [0, 0.05) is 25.7 Å². The smallest absolute Gasteiger partial charge is 0.293 e. The molecule has 0 saturated carbocycles. The number of anilines is 2. The molecule has 2 saturated heterocycles. The first-order valence-corrected chi connectivity index (χ1v) is 12.8. The second kappa shape index (κ2) is 9.67. The molecule has 0 radical (unpaired) electrons. The fourth-order valence-corrected chi connectivity index (χ4v) is 6.06. The molecule has 1 unspecified atom stereocenters. The molecule has 1 aromatic carbocycles. The Morgan fingerprint density at radius 3 is 2.73 bits per heavy atom. The van der Waals surface area contributed by atoms with Gasteiger partial charge >= 0.3 is 0 Å². The number of carbonyl (C=O) groups excluding carboxylic acids is 1. The van der Waals surface area contributed by atoms with E-state index in [0.717, 1.165) is 11.1 Å². The number of hydrogen-bond donors (Lipinski definition) is 1. The Hall–Kier alpha value is -2.68. The summed E-state index contributed by atoms with van der Waals surface area (Å²) in [6, 6.07) is 3.21. The van der Waals surface area contributed by atoms with E-state index in [4.69, 9.17) is 4.74 Å². The summed E-state index contributed by atoms with van der Waals surface area (Å²) in [5.41, 5.74) is -0.140. The van der Waals surface area contributed by atoms with Crippen LogP contribution in [0.1, 0.15) is 24.8 Å². The number of carbonyl (C=O) groups is 1. The third kappa shape index (κ3) is 4.83. The van der Waals surface area contributed by atoms with E-state index in [1.807, 2.05) is 6.92 Å². The quantitative estimate of drug-likeness (QED) is 0.446. The molecule has 1 aromatic heterocycles. The van der Waals surface area contributed by atoms with E-state index in [9.17, 15) is 23.3 Å². The van der Waals surface area contributed by atoms with E-state index in [1.165, 1.54) is 27.8 Å². The molecule has 14 heteroatoms. The molecule has 0 aliphatic carbocycles. The maximum atomic E-state index is 13.0. The number of amides is 1. The van der Waals surface area contributed by atoms with E-state index >= 15 is 0 Å². The van der Waals surface area contributed by atoms with Crippen molar-refractivity contribution >= 4 is 43.8 Å². The average Bonchev–Trinajstić information content (AvgIpc) is 3.48. The van der Waals surface area contributed by atoms with Gasteiger partial charge in [-0.05, 0) is 31.4 Å². The summed E-state index contributed by atoms with van der Waals surface area (Å²) in [6.45, 7) is 3.31. The molecule has 2 fully saturated rings. The number of rotatable bonds is 7. The van der Waals surface area contributed by atoms with Gasteiger partial charge in [-0.3, -0.25) is 20.2 Å². The van der Waals surface area contributed by atoms with Crippen LogP contribution < -0.4 is 10.2 Å². The molecule has 1 atom stereocenters. The molecule has 1 N–H and O–H groups in total. The Morgan fingerprint density at radius 1 is 1.30 bits per heavy atom. The van der Waals surface area contributed by atoms with E-state index < -0.39 is 21.0 Å². The summed E-state index contributed by atoms with van der Waals surface area (Å²) in [5.74, 6) is -0.328. The topological polar surface area (TPSA) is 148 Å². The van der Waals surface area contributed by atoms with Crippen LogP contribution >= 0.6 is 11.3 Å². The van der Waals surface area contributed by atoms with Crippen molar-refractivity contribution < 1.29 is 22.9 Å². The minimum Gasteiger partial charge on any atom is -0.379 e. The second-order valence-electron chi connectivity index (χ2n) is 7.62. The van der Waals surface area contributed by atoms with Crippen LogP contribution in [0.4, 0.5) is 16.5 Å². The number of nitrogens with one attached hydrogen (secondary N) is 1. The molecule has 178 valence electrons. The molecule has 0 bridgehead atoms. The zero-order chi connectivity index (χ0) is 23.6. The monoisotopic (exact) mass is 496 g/mol. The first kappa shape index (κ1) is 23.5. The molecule has 0 spiro atoms. The zero-order valence-corrected chi connectivity index (χ0v) is 19.6. The van der Waals surface area contributed by atoms with Gasteiger partial charge in [-0.2, -0.15) is 4.31 Å². The normalized spacial score (nSPS) is 19.5. The van der Waals surface area contributed by atoms with Crippen molar-refractivity contribution in [1.82, 2.24) is 14.5 Å². The number of aromatic nitrogens is 2. The minimum absolute atomic E-state index is 0.152. The second-order valence-corrected chi connectivity index (χ2v) is 10.6. The van der Waals surface area contributed by atoms with Crippen LogP contribution in [0.3, 0.4) is 0 Å². The Kier molecular flexibility index (Phi) is 6.88. The third-order valence-electron chi connectivity index (χ3n) is 5.62. The van der Waals surface area contributed by atoms with Gasteiger partial charge in [0.05, 0.1) is 23.0 Å². The maximum Gasteiger partial charge on any atom is 0.293 e. The molecule has 33 heavy (non-hydrogen) atoms. The van der Waals surface area contributed by atoms with Crippen LogP contribution in [0.25, 0.3) is 0 Å². The van der Waals surface area contributed by atoms with Crippen LogP contribution in [-0.2, 0) is 26.0 Å². The lowest BCUT2D eigenvalue weighted by Crippen LogP contribution is -2.41. The van der Waals surface area contributed by atoms with Crippen molar-refractivity contribution in [2.45, 2.75) is 37.1 Å². The van der Waals surface area contributed by atoms with Gasteiger partial charge in [0.15, 0.2) is 0 Å². The average molecular weight is 497 g/mol. The van der Waals surface area contributed by atoms with E-state index in [2.05, 4.69) is 15.5 Å². The Balaban J connectivity index is 1.60. The summed E-state index contributed by atoms with van der Waals surface area (Å²) in [5, 5.41) is 23.7. The highest BCUT2D eigenvalue weighted by Gasteiger charge is 2.36. The summed E-state index contributed by atoms with van der Waals surface area (Å²) in [6.07, 6.45) is 1.88. The molecular weight excluding hydrogens is 472 g/mol. The fraction of sp³-hybridized carbons (Fsp3) is 0.526. The number of nitro benzene ring substituents is 1. The van der Waals surface area contributed by atoms with Crippen molar-refractivity contribution in [1.29, 1.82) is 0 Å². The van der Waals surface area contributed by atoms with E-state index in [1.54, 1.807) is 4.90 Å². The number of benzene rings is 1. The molecule has 2 aliphatic heterocycles. The Morgan fingerprint density at radius 2 is 2.06 bits per heavy atom. The number of morpholine rings is 1. The molecule has 4 rings (SSSR count). The molecule has 3 heterocycles. The largest absolute Gasteiger partial charge is 0.379 e. The summed E-state index contributed by atoms with van der Waals surface area (Å²) < 4.78 is 32.4. The first-order valence-electron chi connectivity index (χ1n) is 10.6. The van der Waals surface area contributed by atoms with Gasteiger partial charge in [0.25, 0.3) is 5.69 Å². The third-order valence-corrected chi connectivity index (χ3v) is 8.49. The molecule has 1 amide bonds. The van der Waals surface area contributed by atoms with Gasteiger partial charge in [-0.1, -0.05) is 18.3 Å². The van der Waals surface area contributed by atoms with Gasteiger partial charge in [0.2, 0.25) is 21.1 Å². The van der Waals surface area contributed by atoms with Crippen LogP contribution in [-0.4, -0.2) is 72.6 Å². The van der Waals surface area contributed by atoms with Gasteiger partial charge in [-0.25, -0.2) is 8.42 Å². The molecule has 2 aromatic rings. The SMILES string of the molecule is CCc1nnc(NC(=O)C2CCCN2c2ccc(S(=O)(=O)N3CCOCC3)cc2[N+](=O)[O-])s1. The molecule has 2 aliphatic rings. The lowest BCUT2D eigenvalue weighted by atomic mass is 10.2. The van der Waals surface area contributed by atoms with Crippen molar-refractivity contribution in [3.8, 4) is 0 Å². The van der Waals surface area contributed by atoms with Crippen LogP contribution in [0, 0.1) is 10.1 Å². The molecule has 12 nitrogen and oxygen atoms in total. The van der Waals surface area contributed by atoms with Gasteiger partial charge in [0.1, 0.15) is 16.7 Å². The number of hydrogen-bond acceptors (Lipinski definition) is 10. The van der Waals surface area contributed by atoms with Gasteiger partial charge in [-0.15, -0.1) is 10.2 Å².